The van der Waals surface area contributed by atoms with Gasteiger partial charge in [-0.15, -0.1) is 0 Å². The number of hydrogen-bond acceptors (Lipinski definition) is 4. The van der Waals surface area contributed by atoms with Crippen LogP contribution in [0.1, 0.15) is 5.56 Å². The second-order valence-corrected chi connectivity index (χ2v) is 5.64. The lowest BCUT2D eigenvalue weighted by molar-refractivity contribution is -0.384. The summed E-state index contributed by atoms with van der Waals surface area (Å²) in [5.41, 5.74) is 3.05. The molecule has 0 fully saturated rings. The third-order valence-corrected chi connectivity index (χ3v) is 4.12. The van der Waals surface area contributed by atoms with Gasteiger partial charge in [0.1, 0.15) is 0 Å². The Hall–Kier alpha value is -2.60. The molecule has 22 heavy (non-hydrogen) atoms. The number of nitro benzene ring substituents is 1. The highest BCUT2D eigenvalue weighted by Gasteiger charge is 2.07. The molecule has 0 saturated heterocycles. The van der Waals surface area contributed by atoms with Gasteiger partial charge in [0.2, 0.25) is 0 Å². The van der Waals surface area contributed by atoms with Crippen molar-refractivity contribution in [2.75, 3.05) is 0 Å². The van der Waals surface area contributed by atoms with E-state index in [1.54, 1.807) is 30.1 Å². The molecule has 0 unspecified atom stereocenters. The van der Waals surface area contributed by atoms with E-state index in [-0.39, 0.29) is 5.69 Å². The first kappa shape index (κ1) is 14.3. The average molecular weight is 311 g/mol. The molecule has 1 N–H and O–H groups in total. The quantitative estimate of drug-likeness (QED) is 0.434. The second-order valence-electron chi connectivity index (χ2n) is 4.68. The maximum Gasteiger partial charge on any atom is 0.269 e. The van der Waals surface area contributed by atoms with Crippen LogP contribution in [0.3, 0.4) is 0 Å². The van der Waals surface area contributed by atoms with Gasteiger partial charge in [-0.05, 0) is 17.7 Å². The van der Waals surface area contributed by atoms with Gasteiger partial charge < -0.3 is 4.98 Å². The number of aromatic amines is 1. The molecule has 6 heteroatoms. The summed E-state index contributed by atoms with van der Waals surface area (Å²) in [5.74, 6) is 0.841. The molecule has 3 rings (SSSR count). The number of benzene rings is 2. The van der Waals surface area contributed by atoms with Crippen molar-refractivity contribution in [3.05, 3.63) is 76.5 Å². The van der Waals surface area contributed by atoms with E-state index >= 15 is 0 Å². The second kappa shape index (κ2) is 6.44. The molecule has 0 radical (unpaired) electrons. The van der Waals surface area contributed by atoms with Crippen LogP contribution in [-0.2, 0) is 5.75 Å². The Labute approximate surface area is 131 Å². The number of rotatable bonds is 5. The maximum atomic E-state index is 10.7. The Balaban J connectivity index is 1.69. The van der Waals surface area contributed by atoms with Crippen molar-refractivity contribution in [2.45, 2.75) is 10.9 Å². The summed E-state index contributed by atoms with van der Waals surface area (Å²) in [6.07, 6.45) is 1.74. The minimum absolute atomic E-state index is 0.0851. The molecule has 0 spiro atoms. The van der Waals surface area contributed by atoms with Gasteiger partial charge in [-0.2, -0.15) is 0 Å². The van der Waals surface area contributed by atoms with E-state index in [0.29, 0.717) is 0 Å². The van der Waals surface area contributed by atoms with E-state index in [9.17, 15) is 10.1 Å². The van der Waals surface area contributed by atoms with Crippen LogP contribution in [-0.4, -0.2) is 14.9 Å². The minimum Gasteiger partial charge on any atom is -0.333 e. The topological polar surface area (TPSA) is 71.8 Å². The molecule has 3 aromatic rings. The molecule has 110 valence electrons. The van der Waals surface area contributed by atoms with Crippen LogP contribution in [0.2, 0.25) is 0 Å². The van der Waals surface area contributed by atoms with Gasteiger partial charge >= 0.3 is 0 Å². The first-order valence-corrected chi connectivity index (χ1v) is 7.67. The van der Waals surface area contributed by atoms with Gasteiger partial charge in [-0.3, -0.25) is 10.1 Å². The van der Waals surface area contributed by atoms with Crippen molar-refractivity contribution < 1.29 is 4.92 Å². The molecule has 1 heterocycles. The summed E-state index contributed by atoms with van der Waals surface area (Å²) in [6.45, 7) is 0. The highest BCUT2D eigenvalue weighted by atomic mass is 32.2. The van der Waals surface area contributed by atoms with E-state index < -0.39 is 4.92 Å². The number of aromatic nitrogens is 2. The monoisotopic (exact) mass is 311 g/mol. The highest BCUT2D eigenvalue weighted by molar-refractivity contribution is 7.98. The molecule has 0 atom stereocenters. The zero-order chi connectivity index (χ0) is 15.4. The van der Waals surface area contributed by atoms with Crippen LogP contribution in [0.15, 0.2) is 66.0 Å². The standard InChI is InChI=1S/C16H13N3O2S/c20-19(21)14-8-6-13(7-9-14)15-10-17-16(18-15)22-11-12-4-2-1-3-5-12/h1-10H,11H2,(H,17,18). The summed E-state index contributed by atoms with van der Waals surface area (Å²) in [4.78, 5) is 17.8. The van der Waals surface area contributed by atoms with Crippen molar-refractivity contribution in [3.8, 4) is 11.3 Å². The number of imidazole rings is 1. The number of nitrogens with zero attached hydrogens (tertiary/aromatic N) is 2. The molecule has 2 aromatic carbocycles. The van der Waals surface area contributed by atoms with Crippen LogP contribution in [0, 0.1) is 10.1 Å². The zero-order valence-electron chi connectivity index (χ0n) is 11.6. The summed E-state index contributed by atoms with van der Waals surface area (Å²) in [5, 5.41) is 11.5. The fourth-order valence-corrected chi connectivity index (χ4v) is 2.82. The maximum absolute atomic E-state index is 10.7. The molecule has 0 aliphatic carbocycles. The first-order chi connectivity index (χ1) is 10.7. The summed E-state index contributed by atoms with van der Waals surface area (Å²) in [7, 11) is 0. The number of hydrogen-bond donors (Lipinski definition) is 1. The zero-order valence-corrected chi connectivity index (χ0v) is 12.4. The lowest BCUT2D eigenvalue weighted by Crippen LogP contribution is -1.87. The van der Waals surface area contributed by atoms with Crippen molar-refractivity contribution in [1.29, 1.82) is 0 Å². The number of nitro groups is 1. The molecule has 5 nitrogen and oxygen atoms in total. The van der Waals surface area contributed by atoms with Crippen molar-refractivity contribution in [1.82, 2.24) is 9.97 Å². The number of nitrogens with one attached hydrogen (secondary N) is 1. The van der Waals surface area contributed by atoms with Crippen molar-refractivity contribution >= 4 is 17.4 Å². The predicted molar refractivity (Wildman–Crippen MR) is 86.7 cm³/mol. The van der Waals surface area contributed by atoms with E-state index in [1.165, 1.54) is 17.7 Å². The Bertz CT molecular complexity index is 770. The third kappa shape index (κ3) is 3.35. The van der Waals surface area contributed by atoms with Gasteiger partial charge in [0.05, 0.1) is 16.8 Å². The van der Waals surface area contributed by atoms with E-state index in [2.05, 4.69) is 22.1 Å². The fraction of sp³-hybridized carbons (Fsp3) is 0.0625. The van der Waals surface area contributed by atoms with Crippen molar-refractivity contribution in [2.24, 2.45) is 0 Å². The van der Waals surface area contributed by atoms with Gasteiger partial charge in [0.15, 0.2) is 5.16 Å². The molecule has 0 aliphatic rings. The summed E-state index contributed by atoms with van der Waals surface area (Å²) >= 11 is 1.62. The minimum atomic E-state index is -0.405. The molecule has 1 aromatic heterocycles. The van der Waals surface area contributed by atoms with Crippen LogP contribution in [0.25, 0.3) is 11.3 Å². The van der Waals surface area contributed by atoms with Gasteiger partial charge in [-0.25, -0.2) is 4.98 Å². The largest absolute Gasteiger partial charge is 0.333 e. The van der Waals surface area contributed by atoms with Gasteiger partial charge in [0, 0.05) is 23.4 Å². The Morgan fingerprint density at radius 2 is 1.82 bits per heavy atom. The van der Waals surface area contributed by atoms with Crippen LogP contribution in [0.4, 0.5) is 5.69 Å². The molecule has 0 amide bonds. The summed E-state index contributed by atoms with van der Waals surface area (Å²) < 4.78 is 0. The van der Waals surface area contributed by atoms with E-state index in [0.717, 1.165) is 22.2 Å². The first-order valence-electron chi connectivity index (χ1n) is 6.69. The van der Waals surface area contributed by atoms with E-state index in [1.807, 2.05) is 18.2 Å². The van der Waals surface area contributed by atoms with Crippen LogP contribution in [0.5, 0.6) is 0 Å². The molecule has 0 saturated carbocycles. The number of non-ortho nitro benzene ring substituents is 1. The Kier molecular flexibility index (Phi) is 4.20. The molecule has 0 aliphatic heterocycles. The molecular formula is C16H13N3O2S. The normalized spacial score (nSPS) is 10.5. The van der Waals surface area contributed by atoms with Crippen LogP contribution < -0.4 is 0 Å². The summed E-state index contributed by atoms with van der Waals surface area (Å²) in [6, 6.07) is 16.6. The number of H-pyrrole nitrogens is 1. The van der Waals surface area contributed by atoms with Crippen molar-refractivity contribution in [3.63, 3.8) is 0 Å². The van der Waals surface area contributed by atoms with Crippen LogP contribution >= 0.6 is 11.8 Å². The van der Waals surface area contributed by atoms with E-state index in [4.69, 9.17) is 0 Å². The average Bonchev–Trinajstić information content (AvgIpc) is 3.03. The fourth-order valence-electron chi connectivity index (χ4n) is 2.01. The number of thioether (sulfide) groups is 1. The lowest BCUT2D eigenvalue weighted by atomic mass is 10.1. The lowest BCUT2D eigenvalue weighted by Gasteiger charge is -1.99. The Morgan fingerprint density at radius 3 is 2.50 bits per heavy atom. The third-order valence-electron chi connectivity index (χ3n) is 3.16. The molecular weight excluding hydrogens is 298 g/mol. The Morgan fingerprint density at radius 1 is 1.09 bits per heavy atom. The highest BCUT2D eigenvalue weighted by Crippen LogP contribution is 2.25. The predicted octanol–water partition coefficient (Wildman–Crippen LogP) is 4.28. The smallest absolute Gasteiger partial charge is 0.269 e. The molecule has 0 bridgehead atoms. The van der Waals surface area contributed by atoms with Gasteiger partial charge in [-0.1, -0.05) is 42.1 Å². The van der Waals surface area contributed by atoms with Gasteiger partial charge in [0.25, 0.3) is 5.69 Å². The SMILES string of the molecule is O=[N+]([O-])c1ccc(-c2cnc(SCc3ccccc3)[nH]2)cc1.